The molecule has 19 heavy (non-hydrogen) atoms. The summed E-state index contributed by atoms with van der Waals surface area (Å²) in [6.45, 7) is 6.53. The number of methoxy groups -OCH3 is 1. The number of guanidine groups is 1. The number of nitrogens with one attached hydrogen (secondary N) is 1. The highest BCUT2D eigenvalue weighted by Crippen LogP contribution is 2.06. The van der Waals surface area contributed by atoms with Crippen molar-refractivity contribution < 1.29 is 9.47 Å². The first-order valence-electron chi connectivity index (χ1n) is 6.39. The van der Waals surface area contributed by atoms with Gasteiger partial charge in [-0.1, -0.05) is 0 Å². The molecule has 1 aliphatic heterocycles. The Bertz CT molecular complexity index is 303. The Hall–Kier alpha value is -0.520. The van der Waals surface area contributed by atoms with Crippen LogP contribution < -0.4 is 5.32 Å². The largest absolute Gasteiger partial charge is 0.382 e. The maximum atomic E-state index is 5.62. The molecule has 0 amide bonds. The zero-order valence-corrected chi connectivity index (χ0v) is 14.1. The summed E-state index contributed by atoms with van der Waals surface area (Å²) in [5.74, 6) is 3.51. The van der Waals surface area contributed by atoms with Gasteiger partial charge >= 0.3 is 0 Å². The van der Waals surface area contributed by atoms with E-state index in [1.54, 1.807) is 7.11 Å². The Morgan fingerprint density at radius 2 is 2.42 bits per heavy atom. The van der Waals surface area contributed by atoms with E-state index in [2.05, 4.69) is 28.1 Å². The van der Waals surface area contributed by atoms with Crippen molar-refractivity contribution in [1.82, 2.24) is 10.2 Å². The average Bonchev–Trinajstić information content (AvgIpc) is 2.39. The summed E-state index contributed by atoms with van der Waals surface area (Å²) in [4.78, 5) is 6.72. The first kappa shape index (κ1) is 18.5. The SMILES string of the molecule is C#CCCN=C(NCC)N1CCOC(COC)C1.I. The molecule has 1 rings (SSSR count). The Morgan fingerprint density at radius 3 is 3.05 bits per heavy atom. The number of rotatable bonds is 5. The number of hydrogen-bond donors (Lipinski definition) is 1. The summed E-state index contributed by atoms with van der Waals surface area (Å²) in [5, 5.41) is 3.28. The van der Waals surface area contributed by atoms with Crippen molar-refractivity contribution in [3.8, 4) is 12.3 Å². The fourth-order valence-electron chi connectivity index (χ4n) is 1.85. The Balaban J connectivity index is 0.00000324. The van der Waals surface area contributed by atoms with Gasteiger partial charge in [0.1, 0.15) is 0 Å². The summed E-state index contributed by atoms with van der Waals surface area (Å²) in [5.41, 5.74) is 0. The van der Waals surface area contributed by atoms with Crippen molar-refractivity contribution in [1.29, 1.82) is 0 Å². The van der Waals surface area contributed by atoms with Gasteiger partial charge in [-0.05, 0) is 6.92 Å². The van der Waals surface area contributed by atoms with Crippen LogP contribution in [-0.2, 0) is 9.47 Å². The van der Waals surface area contributed by atoms with Gasteiger partial charge in [0, 0.05) is 33.2 Å². The quantitative estimate of drug-likeness (QED) is 0.253. The Labute approximate surface area is 133 Å². The third kappa shape index (κ3) is 6.99. The molecule has 1 heterocycles. The standard InChI is InChI=1S/C13H23N3O2.HI/c1-4-6-7-15-13(14-5-2)16-8-9-18-12(10-16)11-17-3;/h1,12H,5-11H2,2-3H3,(H,14,15);1H. The lowest BCUT2D eigenvalue weighted by molar-refractivity contribution is -0.0447. The third-order valence-electron chi connectivity index (χ3n) is 2.64. The smallest absolute Gasteiger partial charge is 0.194 e. The van der Waals surface area contributed by atoms with Gasteiger partial charge in [-0.25, -0.2) is 0 Å². The zero-order chi connectivity index (χ0) is 13.2. The molecular weight excluding hydrogens is 357 g/mol. The normalized spacial score (nSPS) is 19.5. The van der Waals surface area contributed by atoms with Crippen LogP contribution in [0.15, 0.2) is 4.99 Å². The van der Waals surface area contributed by atoms with Crippen molar-refractivity contribution in [3.05, 3.63) is 0 Å². The minimum atomic E-state index is 0. The van der Waals surface area contributed by atoms with Crippen LogP contribution in [0.1, 0.15) is 13.3 Å². The minimum absolute atomic E-state index is 0. The molecule has 0 bridgehead atoms. The van der Waals surface area contributed by atoms with Gasteiger partial charge in [0.25, 0.3) is 0 Å². The predicted molar refractivity (Wildman–Crippen MR) is 88.0 cm³/mol. The number of aliphatic imine (C=N–C) groups is 1. The number of halogens is 1. The predicted octanol–water partition coefficient (Wildman–Crippen LogP) is 0.940. The van der Waals surface area contributed by atoms with Crippen LogP contribution in [0, 0.1) is 12.3 Å². The van der Waals surface area contributed by atoms with Crippen LogP contribution in [0.2, 0.25) is 0 Å². The van der Waals surface area contributed by atoms with Gasteiger partial charge in [-0.15, -0.1) is 36.3 Å². The summed E-state index contributed by atoms with van der Waals surface area (Å²) in [6.07, 6.45) is 6.02. The molecule has 0 aliphatic carbocycles. The molecule has 0 saturated carbocycles. The van der Waals surface area contributed by atoms with Gasteiger partial charge in [0.05, 0.1) is 25.9 Å². The van der Waals surface area contributed by atoms with E-state index in [1.165, 1.54) is 0 Å². The topological polar surface area (TPSA) is 46.1 Å². The molecule has 1 fully saturated rings. The fourth-order valence-corrected chi connectivity index (χ4v) is 1.85. The summed E-state index contributed by atoms with van der Waals surface area (Å²) in [7, 11) is 1.69. The van der Waals surface area contributed by atoms with Crippen LogP contribution in [0.25, 0.3) is 0 Å². The number of terminal acetylenes is 1. The molecule has 0 aromatic heterocycles. The molecule has 0 spiro atoms. The molecule has 1 N–H and O–H groups in total. The first-order valence-corrected chi connectivity index (χ1v) is 6.39. The van der Waals surface area contributed by atoms with Gasteiger partial charge < -0.3 is 19.7 Å². The van der Waals surface area contributed by atoms with Crippen molar-refractivity contribution in [3.63, 3.8) is 0 Å². The maximum absolute atomic E-state index is 5.62. The molecule has 5 nitrogen and oxygen atoms in total. The number of ether oxygens (including phenoxy) is 2. The highest BCUT2D eigenvalue weighted by molar-refractivity contribution is 14.0. The van der Waals surface area contributed by atoms with Crippen LogP contribution in [0.5, 0.6) is 0 Å². The van der Waals surface area contributed by atoms with E-state index in [0.717, 1.165) is 25.6 Å². The maximum Gasteiger partial charge on any atom is 0.194 e. The highest BCUT2D eigenvalue weighted by Gasteiger charge is 2.22. The minimum Gasteiger partial charge on any atom is -0.382 e. The number of nitrogens with zero attached hydrogens (tertiary/aromatic N) is 2. The van der Waals surface area contributed by atoms with E-state index < -0.39 is 0 Å². The molecule has 6 heteroatoms. The van der Waals surface area contributed by atoms with Crippen LogP contribution in [0.3, 0.4) is 0 Å². The fraction of sp³-hybridized carbons (Fsp3) is 0.769. The molecule has 0 aromatic carbocycles. The molecule has 110 valence electrons. The third-order valence-corrected chi connectivity index (χ3v) is 2.64. The summed E-state index contributed by atoms with van der Waals surface area (Å²) < 4.78 is 10.8. The molecule has 1 saturated heterocycles. The highest BCUT2D eigenvalue weighted by atomic mass is 127. The number of morpholine rings is 1. The summed E-state index contributed by atoms with van der Waals surface area (Å²) >= 11 is 0. The van der Waals surface area contributed by atoms with E-state index in [1.807, 2.05) is 0 Å². The lowest BCUT2D eigenvalue weighted by Crippen LogP contribution is -2.51. The van der Waals surface area contributed by atoms with Crippen molar-refractivity contribution in [2.45, 2.75) is 19.4 Å². The second-order valence-corrected chi connectivity index (χ2v) is 4.08. The first-order chi connectivity index (χ1) is 8.81. The zero-order valence-electron chi connectivity index (χ0n) is 11.7. The van der Waals surface area contributed by atoms with Gasteiger partial charge in [-0.3, -0.25) is 4.99 Å². The van der Waals surface area contributed by atoms with Crippen molar-refractivity contribution in [2.24, 2.45) is 4.99 Å². The van der Waals surface area contributed by atoms with Gasteiger partial charge in [-0.2, -0.15) is 0 Å². The molecule has 1 unspecified atom stereocenters. The van der Waals surface area contributed by atoms with E-state index in [-0.39, 0.29) is 30.1 Å². The van der Waals surface area contributed by atoms with E-state index in [9.17, 15) is 0 Å². The lowest BCUT2D eigenvalue weighted by Gasteiger charge is -2.34. The van der Waals surface area contributed by atoms with Crippen molar-refractivity contribution >= 4 is 29.9 Å². The van der Waals surface area contributed by atoms with Crippen LogP contribution in [0.4, 0.5) is 0 Å². The molecule has 0 radical (unpaired) electrons. The Morgan fingerprint density at radius 1 is 1.63 bits per heavy atom. The molecule has 1 atom stereocenters. The van der Waals surface area contributed by atoms with Gasteiger partial charge in [0.2, 0.25) is 0 Å². The summed E-state index contributed by atoms with van der Waals surface area (Å²) in [6, 6.07) is 0. The van der Waals surface area contributed by atoms with Crippen molar-refractivity contribution in [2.75, 3.05) is 46.5 Å². The second-order valence-electron chi connectivity index (χ2n) is 4.08. The number of hydrogen-bond acceptors (Lipinski definition) is 3. The second kappa shape index (κ2) is 11.3. The van der Waals surface area contributed by atoms with Gasteiger partial charge in [0.15, 0.2) is 5.96 Å². The molecule has 0 aromatic rings. The molecule has 1 aliphatic rings. The van der Waals surface area contributed by atoms with E-state index >= 15 is 0 Å². The Kier molecular flexibility index (Phi) is 11.0. The monoisotopic (exact) mass is 381 g/mol. The average molecular weight is 381 g/mol. The molecular formula is C13H24IN3O2. The lowest BCUT2D eigenvalue weighted by atomic mass is 10.3. The van der Waals surface area contributed by atoms with Crippen LogP contribution >= 0.6 is 24.0 Å². The van der Waals surface area contributed by atoms with Crippen LogP contribution in [-0.4, -0.2) is 63.5 Å². The van der Waals surface area contributed by atoms with E-state index in [0.29, 0.717) is 26.2 Å². The van der Waals surface area contributed by atoms with E-state index in [4.69, 9.17) is 15.9 Å².